The SMILES string of the molecule is CCCNCc1csc(S(=O)(=O)NCCc2ncno2)c1. The van der Waals surface area contributed by atoms with Gasteiger partial charge in [-0.2, -0.15) is 4.98 Å². The monoisotopic (exact) mass is 330 g/mol. The average molecular weight is 330 g/mol. The normalized spacial score (nSPS) is 11.9. The van der Waals surface area contributed by atoms with Gasteiger partial charge in [0.25, 0.3) is 0 Å². The van der Waals surface area contributed by atoms with Crippen LogP contribution in [0, 0.1) is 0 Å². The van der Waals surface area contributed by atoms with E-state index in [-0.39, 0.29) is 6.54 Å². The van der Waals surface area contributed by atoms with Gasteiger partial charge in [0.2, 0.25) is 15.9 Å². The predicted molar refractivity (Wildman–Crippen MR) is 79.5 cm³/mol. The molecule has 0 saturated carbocycles. The molecule has 0 amide bonds. The number of rotatable bonds is 9. The van der Waals surface area contributed by atoms with Gasteiger partial charge in [0, 0.05) is 19.5 Å². The van der Waals surface area contributed by atoms with Crippen LogP contribution in [0.2, 0.25) is 0 Å². The van der Waals surface area contributed by atoms with Crippen LogP contribution in [-0.2, 0) is 23.0 Å². The molecule has 2 aromatic heterocycles. The summed E-state index contributed by atoms with van der Waals surface area (Å²) in [5.41, 5.74) is 0.978. The van der Waals surface area contributed by atoms with Gasteiger partial charge in [0.05, 0.1) is 0 Å². The molecule has 0 bridgehead atoms. The van der Waals surface area contributed by atoms with E-state index in [2.05, 4.69) is 27.1 Å². The van der Waals surface area contributed by atoms with Gasteiger partial charge < -0.3 is 9.84 Å². The van der Waals surface area contributed by atoms with Gasteiger partial charge in [-0.25, -0.2) is 13.1 Å². The van der Waals surface area contributed by atoms with Gasteiger partial charge in [0.1, 0.15) is 4.21 Å². The van der Waals surface area contributed by atoms with Crippen molar-refractivity contribution in [1.29, 1.82) is 0 Å². The summed E-state index contributed by atoms with van der Waals surface area (Å²) in [6.07, 6.45) is 2.71. The highest BCUT2D eigenvalue weighted by Crippen LogP contribution is 2.20. The number of hydrogen-bond acceptors (Lipinski definition) is 7. The third-order valence-electron chi connectivity index (χ3n) is 2.69. The van der Waals surface area contributed by atoms with E-state index < -0.39 is 10.0 Å². The maximum Gasteiger partial charge on any atom is 0.250 e. The van der Waals surface area contributed by atoms with Gasteiger partial charge in [-0.3, -0.25) is 0 Å². The van der Waals surface area contributed by atoms with E-state index in [4.69, 9.17) is 4.52 Å². The van der Waals surface area contributed by atoms with Crippen LogP contribution in [0.4, 0.5) is 0 Å². The lowest BCUT2D eigenvalue weighted by molar-refractivity contribution is 0.377. The molecule has 0 aromatic carbocycles. The van der Waals surface area contributed by atoms with Gasteiger partial charge in [-0.05, 0) is 30.0 Å². The van der Waals surface area contributed by atoms with Crippen molar-refractivity contribution in [1.82, 2.24) is 20.2 Å². The van der Waals surface area contributed by atoms with Crippen LogP contribution in [0.1, 0.15) is 24.8 Å². The van der Waals surface area contributed by atoms with Crippen LogP contribution in [0.25, 0.3) is 0 Å². The Morgan fingerprint density at radius 3 is 2.95 bits per heavy atom. The molecule has 0 aliphatic carbocycles. The van der Waals surface area contributed by atoms with E-state index in [9.17, 15) is 8.42 Å². The molecule has 0 spiro atoms. The molecule has 0 aliphatic heterocycles. The number of nitrogens with zero attached hydrogens (tertiary/aromatic N) is 2. The van der Waals surface area contributed by atoms with Crippen LogP contribution in [-0.4, -0.2) is 31.6 Å². The Hall–Kier alpha value is -1.29. The number of nitrogens with one attached hydrogen (secondary N) is 2. The van der Waals surface area contributed by atoms with Crippen molar-refractivity contribution in [2.45, 2.75) is 30.5 Å². The van der Waals surface area contributed by atoms with Crippen molar-refractivity contribution >= 4 is 21.4 Å². The first-order chi connectivity index (χ1) is 10.1. The second-order valence-electron chi connectivity index (χ2n) is 4.43. The quantitative estimate of drug-likeness (QED) is 0.670. The van der Waals surface area contributed by atoms with E-state index in [1.54, 1.807) is 6.07 Å². The summed E-state index contributed by atoms with van der Waals surface area (Å²) in [6.45, 7) is 3.91. The number of aromatic nitrogens is 2. The molecule has 2 aromatic rings. The van der Waals surface area contributed by atoms with Crippen molar-refractivity contribution < 1.29 is 12.9 Å². The molecule has 0 fully saturated rings. The van der Waals surface area contributed by atoms with Crippen LogP contribution >= 0.6 is 11.3 Å². The zero-order valence-corrected chi connectivity index (χ0v) is 13.3. The van der Waals surface area contributed by atoms with E-state index in [1.165, 1.54) is 17.7 Å². The largest absolute Gasteiger partial charge is 0.340 e. The van der Waals surface area contributed by atoms with Gasteiger partial charge in [-0.1, -0.05) is 12.1 Å². The third kappa shape index (κ3) is 4.88. The van der Waals surface area contributed by atoms with Crippen LogP contribution in [0.3, 0.4) is 0 Å². The number of hydrogen-bond donors (Lipinski definition) is 2. The molecule has 9 heteroatoms. The van der Waals surface area contributed by atoms with Gasteiger partial charge in [0.15, 0.2) is 6.33 Å². The van der Waals surface area contributed by atoms with Crippen LogP contribution in [0.15, 0.2) is 26.5 Å². The van der Waals surface area contributed by atoms with Crippen molar-refractivity contribution in [2.24, 2.45) is 0 Å². The van der Waals surface area contributed by atoms with E-state index in [1.807, 2.05) is 5.38 Å². The standard InChI is InChI=1S/C12H18N4O3S2/c1-2-4-13-7-10-6-12(20-8-10)21(17,18)16-5-3-11-14-9-15-19-11/h6,8-9,13,16H,2-5,7H2,1H3. The molecule has 7 nitrogen and oxygen atoms in total. The second kappa shape index (κ2) is 7.64. The fraction of sp³-hybridized carbons (Fsp3) is 0.500. The second-order valence-corrected chi connectivity index (χ2v) is 7.34. The average Bonchev–Trinajstić information content (AvgIpc) is 3.10. The maximum absolute atomic E-state index is 12.1. The zero-order chi connectivity index (χ0) is 15.1. The predicted octanol–water partition coefficient (Wildman–Crippen LogP) is 1.15. The molecule has 0 radical (unpaired) electrons. The molecule has 0 atom stereocenters. The van der Waals surface area contributed by atoms with E-state index in [0.29, 0.717) is 23.1 Å². The highest BCUT2D eigenvalue weighted by atomic mass is 32.2. The number of thiophene rings is 1. The highest BCUT2D eigenvalue weighted by molar-refractivity contribution is 7.91. The van der Waals surface area contributed by atoms with Crippen LogP contribution in [0.5, 0.6) is 0 Å². The molecule has 0 unspecified atom stereocenters. The Labute approximate surface area is 127 Å². The fourth-order valence-corrected chi connectivity index (χ4v) is 3.95. The first kappa shape index (κ1) is 16.1. The lowest BCUT2D eigenvalue weighted by atomic mass is 10.3. The summed E-state index contributed by atoms with van der Waals surface area (Å²) in [5.74, 6) is 0.410. The van der Waals surface area contributed by atoms with Gasteiger partial charge in [-0.15, -0.1) is 11.3 Å². The van der Waals surface area contributed by atoms with E-state index >= 15 is 0 Å². The Morgan fingerprint density at radius 1 is 1.38 bits per heavy atom. The first-order valence-electron chi connectivity index (χ1n) is 6.65. The summed E-state index contributed by atoms with van der Waals surface area (Å²) >= 11 is 1.22. The first-order valence-corrected chi connectivity index (χ1v) is 9.01. The highest BCUT2D eigenvalue weighted by Gasteiger charge is 2.16. The Balaban J connectivity index is 1.86. The Bertz CT molecular complexity index is 637. The molecule has 0 saturated heterocycles. The van der Waals surface area contributed by atoms with E-state index in [0.717, 1.165) is 18.5 Å². The van der Waals surface area contributed by atoms with Crippen LogP contribution < -0.4 is 10.0 Å². The molecular weight excluding hydrogens is 312 g/mol. The summed E-state index contributed by atoms with van der Waals surface area (Å²) in [6, 6.07) is 1.70. The minimum absolute atomic E-state index is 0.228. The molecule has 2 N–H and O–H groups in total. The van der Waals surface area contributed by atoms with Crippen molar-refractivity contribution in [2.75, 3.05) is 13.1 Å². The molecule has 21 heavy (non-hydrogen) atoms. The minimum Gasteiger partial charge on any atom is -0.340 e. The lowest BCUT2D eigenvalue weighted by Crippen LogP contribution is -2.25. The molecule has 2 rings (SSSR count). The van der Waals surface area contributed by atoms with Crippen molar-refractivity contribution in [3.63, 3.8) is 0 Å². The summed E-state index contributed by atoms with van der Waals surface area (Å²) in [5, 5.41) is 8.56. The minimum atomic E-state index is -3.47. The van der Waals surface area contributed by atoms with Crippen molar-refractivity contribution in [3.05, 3.63) is 29.2 Å². The lowest BCUT2D eigenvalue weighted by Gasteiger charge is -2.02. The molecule has 116 valence electrons. The van der Waals surface area contributed by atoms with Crippen molar-refractivity contribution in [3.8, 4) is 0 Å². The summed E-state index contributed by atoms with van der Waals surface area (Å²) in [4.78, 5) is 3.84. The third-order valence-corrected chi connectivity index (χ3v) is 5.64. The zero-order valence-electron chi connectivity index (χ0n) is 11.7. The Morgan fingerprint density at radius 2 is 2.24 bits per heavy atom. The Kier molecular flexibility index (Phi) is 5.85. The topological polar surface area (TPSA) is 97.1 Å². The summed E-state index contributed by atoms with van der Waals surface area (Å²) < 4.78 is 31.9. The van der Waals surface area contributed by atoms with Gasteiger partial charge >= 0.3 is 0 Å². The summed E-state index contributed by atoms with van der Waals surface area (Å²) in [7, 11) is -3.47. The fourth-order valence-electron chi connectivity index (χ4n) is 1.67. The number of sulfonamides is 1. The smallest absolute Gasteiger partial charge is 0.250 e. The molecule has 2 heterocycles. The maximum atomic E-state index is 12.1. The molecular formula is C12H18N4O3S2. The molecule has 0 aliphatic rings.